The van der Waals surface area contributed by atoms with Crippen molar-refractivity contribution in [3.63, 3.8) is 0 Å². The Balaban J connectivity index is 3.34. The van der Waals surface area contributed by atoms with Crippen LogP contribution >= 0.6 is 0 Å². The normalized spacial score (nSPS) is 12.7. The van der Waals surface area contributed by atoms with Crippen molar-refractivity contribution in [2.24, 2.45) is 0 Å². The van der Waals surface area contributed by atoms with Gasteiger partial charge in [0.25, 0.3) is 0 Å². The van der Waals surface area contributed by atoms with E-state index in [2.05, 4.69) is 6.92 Å². The maximum atomic E-state index is 11.4. The molecule has 0 rings (SSSR count). The summed E-state index contributed by atoms with van der Waals surface area (Å²) < 4.78 is 5.05. The molecule has 0 spiro atoms. The summed E-state index contributed by atoms with van der Waals surface area (Å²) in [5.74, 6) is 0.969. The van der Waals surface area contributed by atoms with Crippen LogP contribution in [-0.4, -0.2) is 23.8 Å². The molecule has 0 heterocycles. The van der Waals surface area contributed by atoms with E-state index < -0.39 is 6.10 Å². The highest BCUT2D eigenvalue weighted by atomic mass is 16.5. The second-order valence-electron chi connectivity index (χ2n) is 5.62. The largest absolute Gasteiger partial charge is 0.463 e. The van der Waals surface area contributed by atoms with Crippen LogP contribution in [0, 0.1) is 5.92 Å². The molecule has 0 aromatic rings. The second-order valence-corrected chi connectivity index (χ2v) is 5.62. The summed E-state index contributed by atoms with van der Waals surface area (Å²) in [4.78, 5) is 11.4. The van der Waals surface area contributed by atoms with E-state index in [1.165, 1.54) is 32.1 Å². The fourth-order valence-corrected chi connectivity index (χ4v) is 2.02. The number of hydrogen-bond donors (Lipinski definition) is 1. The summed E-state index contributed by atoms with van der Waals surface area (Å²) in [6, 6.07) is 0. The molecule has 3 heteroatoms. The number of aliphatic hydroxyl groups excluding tert-OH is 1. The fourth-order valence-electron chi connectivity index (χ4n) is 2.02. The number of esters is 1. The number of rotatable bonds is 12. The number of ether oxygens (including phenoxy) is 1. The summed E-state index contributed by atoms with van der Waals surface area (Å²) in [7, 11) is 0. The molecular formula is C16H31O3. The second kappa shape index (κ2) is 12.5. The summed E-state index contributed by atoms with van der Waals surface area (Å²) in [6.45, 7) is 6.26. The Morgan fingerprint density at radius 3 is 2.21 bits per heavy atom. The van der Waals surface area contributed by atoms with E-state index >= 15 is 0 Å². The Kier molecular flexibility index (Phi) is 12.1. The Bertz CT molecular complexity index is 214. The Labute approximate surface area is 118 Å². The molecule has 1 atom stereocenters. The van der Waals surface area contributed by atoms with Crippen LogP contribution in [0.1, 0.15) is 78.6 Å². The van der Waals surface area contributed by atoms with Crippen LogP contribution in [0.25, 0.3) is 0 Å². The van der Waals surface area contributed by atoms with Gasteiger partial charge in [0.1, 0.15) is 6.61 Å². The van der Waals surface area contributed by atoms with Gasteiger partial charge >= 0.3 is 5.97 Å². The first-order chi connectivity index (χ1) is 9.06. The van der Waals surface area contributed by atoms with Gasteiger partial charge in [0, 0.05) is 6.42 Å². The molecule has 0 saturated heterocycles. The van der Waals surface area contributed by atoms with Gasteiger partial charge in [0.05, 0.1) is 6.10 Å². The molecule has 19 heavy (non-hydrogen) atoms. The van der Waals surface area contributed by atoms with E-state index in [1.54, 1.807) is 0 Å². The van der Waals surface area contributed by atoms with Crippen molar-refractivity contribution in [3.8, 4) is 0 Å². The monoisotopic (exact) mass is 271 g/mol. The van der Waals surface area contributed by atoms with Gasteiger partial charge in [-0.3, -0.25) is 4.79 Å². The van der Waals surface area contributed by atoms with Gasteiger partial charge < -0.3 is 9.84 Å². The number of unbranched alkanes of at least 4 members (excludes halogenated alkanes) is 6. The molecule has 0 aromatic carbocycles. The average Bonchev–Trinajstić information content (AvgIpc) is 2.34. The molecule has 1 unspecified atom stereocenters. The molecule has 0 bridgehead atoms. The van der Waals surface area contributed by atoms with Crippen LogP contribution < -0.4 is 0 Å². The van der Waals surface area contributed by atoms with Crippen LogP contribution in [0.2, 0.25) is 0 Å². The molecule has 113 valence electrons. The predicted molar refractivity (Wildman–Crippen MR) is 78.8 cm³/mol. The highest BCUT2D eigenvalue weighted by Crippen LogP contribution is 2.10. The average molecular weight is 271 g/mol. The molecule has 3 nitrogen and oxygen atoms in total. The van der Waals surface area contributed by atoms with Crippen LogP contribution in [-0.2, 0) is 9.53 Å². The van der Waals surface area contributed by atoms with Crippen molar-refractivity contribution in [2.45, 2.75) is 84.7 Å². The third kappa shape index (κ3) is 13.7. The first-order valence-electron chi connectivity index (χ1n) is 7.69. The maximum absolute atomic E-state index is 11.4. The summed E-state index contributed by atoms with van der Waals surface area (Å²) >= 11 is 0. The summed E-state index contributed by atoms with van der Waals surface area (Å²) in [5.41, 5.74) is 0. The Morgan fingerprint density at radius 1 is 1.05 bits per heavy atom. The van der Waals surface area contributed by atoms with Gasteiger partial charge in [-0.1, -0.05) is 59.3 Å². The summed E-state index contributed by atoms with van der Waals surface area (Å²) in [5, 5.41) is 9.56. The van der Waals surface area contributed by atoms with Gasteiger partial charge in [0.2, 0.25) is 0 Å². The van der Waals surface area contributed by atoms with Crippen molar-refractivity contribution in [2.75, 3.05) is 6.61 Å². The van der Waals surface area contributed by atoms with E-state index in [1.807, 2.05) is 13.8 Å². The minimum atomic E-state index is -0.553. The molecule has 0 aliphatic carbocycles. The molecular weight excluding hydrogens is 240 g/mol. The molecule has 0 fully saturated rings. The Morgan fingerprint density at radius 2 is 1.63 bits per heavy atom. The molecule has 0 aliphatic rings. The molecule has 1 radical (unpaired) electrons. The van der Waals surface area contributed by atoms with Gasteiger partial charge in [-0.25, -0.2) is 0 Å². The zero-order chi connectivity index (χ0) is 14.5. The fraction of sp³-hybridized carbons (Fsp3) is 0.875. The third-order valence-corrected chi connectivity index (χ3v) is 3.07. The van der Waals surface area contributed by atoms with E-state index in [4.69, 9.17) is 4.74 Å². The Hall–Kier alpha value is -0.570. The van der Waals surface area contributed by atoms with Crippen molar-refractivity contribution >= 4 is 5.97 Å². The third-order valence-electron chi connectivity index (χ3n) is 3.07. The smallest absolute Gasteiger partial charge is 0.305 e. The lowest BCUT2D eigenvalue weighted by atomic mass is 10.1. The first kappa shape index (κ1) is 18.4. The zero-order valence-corrected chi connectivity index (χ0v) is 12.9. The predicted octanol–water partition coefficient (Wildman–Crippen LogP) is 4.04. The molecule has 0 amide bonds. The number of carbonyl (C=O) groups is 1. The number of aliphatic hydroxyl groups is 1. The van der Waals surface area contributed by atoms with Gasteiger partial charge in [-0.05, 0) is 18.8 Å². The van der Waals surface area contributed by atoms with E-state index in [0.717, 1.165) is 18.8 Å². The molecule has 0 saturated carbocycles. The highest BCUT2D eigenvalue weighted by Gasteiger charge is 2.10. The van der Waals surface area contributed by atoms with Crippen LogP contribution in [0.5, 0.6) is 0 Å². The zero-order valence-electron chi connectivity index (χ0n) is 12.9. The van der Waals surface area contributed by atoms with Gasteiger partial charge in [-0.2, -0.15) is 0 Å². The topological polar surface area (TPSA) is 46.5 Å². The van der Waals surface area contributed by atoms with E-state index in [0.29, 0.717) is 12.8 Å². The highest BCUT2D eigenvalue weighted by molar-refractivity contribution is 5.69. The van der Waals surface area contributed by atoms with Crippen LogP contribution in [0.4, 0.5) is 0 Å². The van der Waals surface area contributed by atoms with Gasteiger partial charge in [-0.15, -0.1) is 0 Å². The molecule has 0 aromatic heterocycles. The van der Waals surface area contributed by atoms with E-state index in [9.17, 15) is 9.90 Å². The van der Waals surface area contributed by atoms with Crippen molar-refractivity contribution < 1.29 is 14.6 Å². The lowest BCUT2D eigenvalue weighted by Gasteiger charge is -2.12. The number of hydrogen-bond acceptors (Lipinski definition) is 3. The minimum absolute atomic E-state index is 0.126. The van der Waals surface area contributed by atoms with Crippen molar-refractivity contribution in [1.29, 1.82) is 0 Å². The molecule has 0 aliphatic heterocycles. The standard InChI is InChI=1S/C16H31O3/c1-4-5-6-7-8-9-10-11-16(18)19-13-15(17)12-14(2)3/h15,17H,4-13H2,1-3H3. The van der Waals surface area contributed by atoms with Crippen LogP contribution in [0.15, 0.2) is 0 Å². The van der Waals surface area contributed by atoms with Crippen molar-refractivity contribution in [1.82, 2.24) is 0 Å². The van der Waals surface area contributed by atoms with Crippen LogP contribution in [0.3, 0.4) is 0 Å². The minimum Gasteiger partial charge on any atom is -0.463 e. The van der Waals surface area contributed by atoms with Gasteiger partial charge in [0.15, 0.2) is 0 Å². The van der Waals surface area contributed by atoms with Crippen molar-refractivity contribution in [3.05, 3.63) is 5.92 Å². The SMILES string of the molecule is CCCCCCCCCC(=O)OCC(O)C[C](C)C. The quantitative estimate of drug-likeness (QED) is 0.430. The lowest BCUT2D eigenvalue weighted by molar-refractivity contribution is -0.146. The van der Waals surface area contributed by atoms with E-state index in [-0.39, 0.29) is 12.6 Å². The molecule has 1 N–H and O–H groups in total. The maximum Gasteiger partial charge on any atom is 0.305 e. The first-order valence-corrected chi connectivity index (χ1v) is 7.69. The number of carbonyl (C=O) groups excluding carboxylic acids is 1. The lowest BCUT2D eigenvalue weighted by Crippen LogP contribution is -2.19. The summed E-state index contributed by atoms with van der Waals surface area (Å²) in [6.07, 6.45) is 8.90.